The second-order valence-corrected chi connectivity index (χ2v) is 4.93. The largest absolute Gasteiger partial charge is 0.0816 e. The summed E-state index contributed by atoms with van der Waals surface area (Å²) in [5.41, 5.74) is 1.86. The van der Waals surface area contributed by atoms with E-state index in [1.807, 2.05) is 5.57 Å². The molecule has 0 bridgehead atoms. The van der Waals surface area contributed by atoms with Crippen LogP contribution in [0.3, 0.4) is 0 Å². The summed E-state index contributed by atoms with van der Waals surface area (Å²) in [6.07, 6.45) is 13.2. The van der Waals surface area contributed by atoms with Gasteiger partial charge in [-0.1, -0.05) is 24.5 Å². The van der Waals surface area contributed by atoms with Crippen LogP contribution in [0.2, 0.25) is 0 Å². The molecule has 0 spiro atoms. The van der Waals surface area contributed by atoms with E-state index in [2.05, 4.69) is 6.08 Å². The molecule has 3 aliphatic carbocycles. The molecule has 3 rings (SSSR count). The van der Waals surface area contributed by atoms with Gasteiger partial charge in [0.15, 0.2) is 0 Å². The molecule has 0 radical (unpaired) electrons. The van der Waals surface area contributed by atoms with E-state index in [4.69, 9.17) is 0 Å². The van der Waals surface area contributed by atoms with E-state index in [0.717, 1.165) is 17.8 Å². The summed E-state index contributed by atoms with van der Waals surface area (Å²) < 4.78 is 0. The number of rotatable bonds is 1. The lowest BCUT2D eigenvalue weighted by Crippen LogP contribution is -2.13. The first-order valence-corrected chi connectivity index (χ1v) is 5.64. The molecule has 66 valence electrons. The minimum absolute atomic E-state index is 1.01. The van der Waals surface area contributed by atoms with Crippen molar-refractivity contribution in [2.75, 3.05) is 0 Å². The van der Waals surface area contributed by atoms with Gasteiger partial charge in [-0.25, -0.2) is 0 Å². The van der Waals surface area contributed by atoms with Gasteiger partial charge in [0.1, 0.15) is 0 Å². The topological polar surface area (TPSA) is 0 Å². The van der Waals surface area contributed by atoms with Crippen LogP contribution in [-0.4, -0.2) is 0 Å². The molecule has 0 aromatic rings. The minimum atomic E-state index is 1.01. The van der Waals surface area contributed by atoms with Crippen LogP contribution in [-0.2, 0) is 0 Å². The first-order valence-electron chi connectivity index (χ1n) is 5.64. The first kappa shape index (κ1) is 7.17. The summed E-state index contributed by atoms with van der Waals surface area (Å²) in [6, 6.07) is 0. The Balaban J connectivity index is 1.73. The zero-order chi connectivity index (χ0) is 7.97. The van der Waals surface area contributed by atoms with Gasteiger partial charge in [-0.15, -0.1) is 0 Å². The van der Waals surface area contributed by atoms with Crippen molar-refractivity contribution in [1.82, 2.24) is 0 Å². The van der Waals surface area contributed by atoms with Crippen molar-refractivity contribution in [3.63, 3.8) is 0 Å². The molecule has 12 heavy (non-hydrogen) atoms. The van der Waals surface area contributed by atoms with Crippen LogP contribution in [0.1, 0.15) is 44.9 Å². The van der Waals surface area contributed by atoms with Crippen LogP contribution >= 0.6 is 0 Å². The summed E-state index contributed by atoms with van der Waals surface area (Å²) in [6.45, 7) is 0. The van der Waals surface area contributed by atoms with E-state index in [-0.39, 0.29) is 0 Å². The van der Waals surface area contributed by atoms with Crippen LogP contribution in [0.25, 0.3) is 0 Å². The van der Waals surface area contributed by atoms with Crippen LogP contribution in [0.5, 0.6) is 0 Å². The Kier molecular flexibility index (Phi) is 1.56. The molecule has 0 aromatic heterocycles. The maximum absolute atomic E-state index is 2.65. The molecular formula is C12H18. The summed E-state index contributed by atoms with van der Waals surface area (Å²) >= 11 is 0. The van der Waals surface area contributed by atoms with Gasteiger partial charge in [0.2, 0.25) is 0 Å². The predicted molar refractivity (Wildman–Crippen MR) is 50.9 cm³/mol. The van der Waals surface area contributed by atoms with Crippen molar-refractivity contribution in [2.45, 2.75) is 44.9 Å². The molecule has 0 amide bonds. The molecule has 0 aliphatic heterocycles. The SMILES string of the molecule is C1=C(C2CCC2)C[C@@H]2CCCC12. The van der Waals surface area contributed by atoms with E-state index in [1.54, 1.807) is 0 Å². The van der Waals surface area contributed by atoms with Crippen molar-refractivity contribution >= 4 is 0 Å². The van der Waals surface area contributed by atoms with Crippen molar-refractivity contribution in [1.29, 1.82) is 0 Å². The van der Waals surface area contributed by atoms with E-state index >= 15 is 0 Å². The second-order valence-electron chi connectivity index (χ2n) is 4.93. The third-order valence-corrected chi connectivity index (χ3v) is 4.27. The fraction of sp³-hybridized carbons (Fsp3) is 0.833. The van der Waals surface area contributed by atoms with Crippen molar-refractivity contribution in [3.05, 3.63) is 11.6 Å². The fourth-order valence-corrected chi connectivity index (χ4v) is 3.27. The van der Waals surface area contributed by atoms with Crippen molar-refractivity contribution in [2.24, 2.45) is 17.8 Å². The molecule has 0 N–H and O–H groups in total. The Labute approximate surface area is 75.0 Å². The van der Waals surface area contributed by atoms with E-state index in [1.165, 1.54) is 44.9 Å². The van der Waals surface area contributed by atoms with Crippen molar-refractivity contribution in [3.8, 4) is 0 Å². The molecule has 2 saturated carbocycles. The first-order chi connectivity index (χ1) is 5.93. The number of allylic oxidation sites excluding steroid dienone is 2. The highest BCUT2D eigenvalue weighted by Gasteiger charge is 2.35. The molecule has 2 fully saturated rings. The van der Waals surface area contributed by atoms with Crippen LogP contribution in [0.15, 0.2) is 11.6 Å². The van der Waals surface area contributed by atoms with E-state index < -0.39 is 0 Å². The lowest BCUT2D eigenvalue weighted by Gasteiger charge is -2.27. The average Bonchev–Trinajstić information content (AvgIpc) is 2.40. The van der Waals surface area contributed by atoms with E-state index in [9.17, 15) is 0 Å². The molecule has 0 heteroatoms. The molecule has 1 unspecified atom stereocenters. The standard InChI is InChI=1S/C12H18/c1-3-9(4-1)12-7-10-5-2-6-11(10)8-12/h7,9-11H,1-6,8H2/t10?,11-/m0/s1. The van der Waals surface area contributed by atoms with Gasteiger partial charge in [-0.3, -0.25) is 0 Å². The maximum Gasteiger partial charge on any atom is -0.0199 e. The molecule has 0 saturated heterocycles. The lowest BCUT2D eigenvalue weighted by molar-refractivity contribution is 0.353. The predicted octanol–water partition coefficient (Wildman–Crippen LogP) is 3.53. The quantitative estimate of drug-likeness (QED) is 0.517. The molecule has 3 aliphatic rings. The smallest absolute Gasteiger partial charge is 0.0199 e. The normalized spacial score (nSPS) is 40.8. The van der Waals surface area contributed by atoms with Crippen molar-refractivity contribution < 1.29 is 0 Å². The monoisotopic (exact) mass is 162 g/mol. The van der Waals surface area contributed by atoms with Gasteiger partial charge in [-0.05, 0) is 49.9 Å². The Hall–Kier alpha value is -0.260. The molecular weight excluding hydrogens is 144 g/mol. The summed E-state index contributed by atoms with van der Waals surface area (Å²) in [5.74, 6) is 3.14. The number of fused-ring (bicyclic) bond motifs is 1. The number of hydrogen-bond donors (Lipinski definition) is 0. The van der Waals surface area contributed by atoms with Gasteiger partial charge < -0.3 is 0 Å². The second kappa shape index (κ2) is 2.61. The lowest BCUT2D eigenvalue weighted by atomic mass is 9.78. The molecule has 0 nitrogen and oxygen atoms in total. The minimum Gasteiger partial charge on any atom is -0.0816 e. The molecule has 2 atom stereocenters. The van der Waals surface area contributed by atoms with Gasteiger partial charge in [0.25, 0.3) is 0 Å². The van der Waals surface area contributed by atoms with Gasteiger partial charge in [0.05, 0.1) is 0 Å². The third kappa shape index (κ3) is 0.967. The van der Waals surface area contributed by atoms with Gasteiger partial charge in [-0.2, -0.15) is 0 Å². The Bertz CT molecular complexity index is 210. The van der Waals surface area contributed by atoms with Gasteiger partial charge >= 0.3 is 0 Å². The third-order valence-electron chi connectivity index (χ3n) is 4.27. The van der Waals surface area contributed by atoms with Gasteiger partial charge in [0, 0.05) is 0 Å². The van der Waals surface area contributed by atoms with Crippen LogP contribution in [0, 0.1) is 17.8 Å². The highest BCUT2D eigenvalue weighted by Crippen LogP contribution is 2.48. The zero-order valence-corrected chi connectivity index (χ0v) is 7.76. The fourth-order valence-electron chi connectivity index (χ4n) is 3.27. The Morgan fingerprint density at radius 1 is 1.00 bits per heavy atom. The molecule has 0 aromatic carbocycles. The zero-order valence-electron chi connectivity index (χ0n) is 7.76. The number of hydrogen-bond acceptors (Lipinski definition) is 0. The Morgan fingerprint density at radius 3 is 2.50 bits per heavy atom. The summed E-state index contributed by atoms with van der Waals surface area (Å²) in [4.78, 5) is 0. The van der Waals surface area contributed by atoms with Crippen LogP contribution in [0.4, 0.5) is 0 Å². The maximum atomic E-state index is 2.65. The average molecular weight is 162 g/mol. The highest BCUT2D eigenvalue weighted by molar-refractivity contribution is 5.19. The summed E-state index contributed by atoms with van der Waals surface area (Å²) in [5, 5.41) is 0. The molecule has 0 heterocycles. The van der Waals surface area contributed by atoms with E-state index in [0.29, 0.717) is 0 Å². The van der Waals surface area contributed by atoms with Crippen LogP contribution < -0.4 is 0 Å². The summed E-state index contributed by atoms with van der Waals surface area (Å²) in [7, 11) is 0. The highest BCUT2D eigenvalue weighted by atomic mass is 14.4. The Morgan fingerprint density at radius 2 is 1.83 bits per heavy atom.